The number of carbonyl (C=O) groups excluding carboxylic acids is 1. The number of nitrogens with one attached hydrogen (secondary N) is 2. The molecule has 0 aromatic heterocycles. The van der Waals surface area contributed by atoms with Gasteiger partial charge in [0.2, 0.25) is 0 Å². The van der Waals surface area contributed by atoms with Crippen LogP contribution < -0.4 is 5.32 Å². The molecular formula is C24H28F2N4O3S. The van der Waals surface area contributed by atoms with Crippen molar-refractivity contribution in [1.29, 1.82) is 5.41 Å². The number of benzene rings is 2. The predicted octanol–water partition coefficient (Wildman–Crippen LogP) is 4.08. The summed E-state index contributed by atoms with van der Waals surface area (Å²) in [6, 6.07) is 12.4. The van der Waals surface area contributed by atoms with Crippen molar-refractivity contribution in [2.75, 3.05) is 27.4 Å². The number of amidine groups is 1. The Morgan fingerprint density at radius 2 is 1.97 bits per heavy atom. The number of methoxy groups -OCH3 is 2. The smallest absolute Gasteiger partial charge is 0.273 e. The lowest BCUT2D eigenvalue weighted by Crippen LogP contribution is -2.46. The molecule has 10 heteroatoms. The number of hydrogen-bond acceptors (Lipinski definition) is 6. The second-order valence-corrected chi connectivity index (χ2v) is 8.97. The topological polar surface area (TPSA) is 87.0 Å². The fraction of sp³-hybridized carbons (Fsp3) is 0.375. The van der Waals surface area contributed by atoms with E-state index in [9.17, 15) is 13.6 Å². The first kappa shape index (κ1) is 25.8. The average molecular weight is 491 g/mol. The Balaban J connectivity index is 2.04. The van der Waals surface area contributed by atoms with Crippen LogP contribution in [0.1, 0.15) is 30.9 Å². The maximum atomic E-state index is 14.7. The van der Waals surface area contributed by atoms with Gasteiger partial charge in [0.05, 0.1) is 12.4 Å². The number of hydrogen-bond donors (Lipinski definition) is 2. The van der Waals surface area contributed by atoms with Crippen LogP contribution in [0.4, 0.5) is 8.78 Å². The minimum absolute atomic E-state index is 0.0287. The standard InChI is InChI=1S/C24H28F2N4O3S/c1-16(33-3)23(31)30-24(17-7-5-4-6-8-17,12-11-21(27)28-13-14-32-2)34-22(29-30)19-15-18(25)9-10-20(19)26/h4-10,15-16H,11-14H2,1-3H3,(H2,27,28)/t16-,24?/m0/s1. The van der Waals surface area contributed by atoms with Crippen LogP contribution >= 0.6 is 11.8 Å². The molecule has 1 aliphatic heterocycles. The van der Waals surface area contributed by atoms with Crippen LogP contribution in [0.3, 0.4) is 0 Å². The molecule has 1 heterocycles. The molecular weight excluding hydrogens is 462 g/mol. The first-order chi connectivity index (χ1) is 16.3. The summed E-state index contributed by atoms with van der Waals surface area (Å²) in [4.78, 5) is 12.3. The van der Waals surface area contributed by atoms with Crippen LogP contribution in [0.2, 0.25) is 0 Å². The number of hydrazone groups is 1. The van der Waals surface area contributed by atoms with E-state index in [-0.39, 0.29) is 22.9 Å². The van der Waals surface area contributed by atoms with Crippen LogP contribution in [-0.2, 0) is 19.1 Å². The first-order valence-corrected chi connectivity index (χ1v) is 11.6. The zero-order chi connectivity index (χ0) is 24.7. The fourth-order valence-corrected chi connectivity index (χ4v) is 4.92. The van der Waals surface area contributed by atoms with Crippen molar-refractivity contribution >= 4 is 28.5 Å². The van der Waals surface area contributed by atoms with E-state index in [1.54, 1.807) is 14.0 Å². The summed E-state index contributed by atoms with van der Waals surface area (Å²) in [5.74, 6) is -1.41. The van der Waals surface area contributed by atoms with Crippen molar-refractivity contribution in [2.24, 2.45) is 5.10 Å². The Kier molecular flexibility index (Phi) is 8.76. The monoisotopic (exact) mass is 490 g/mol. The number of carbonyl (C=O) groups is 1. The summed E-state index contributed by atoms with van der Waals surface area (Å²) in [5, 5.41) is 17.2. The molecule has 0 radical (unpaired) electrons. The molecule has 2 N–H and O–H groups in total. The molecule has 2 aromatic rings. The van der Waals surface area contributed by atoms with E-state index >= 15 is 0 Å². The number of rotatable bonds is 10. The van der Waals surface area contributed by atoms with Crippen molar-refractivity contribution < 1.29 is 23.0 Å². The van der Waals surface area contributed by atoms with Crippen LogP contribution in [-0.4, -0.2) is 55.3 Å². The molecule has 1 amide bonds. The van der Waals surface area contributed by atoms with E-state index in [1.165, 1.54) is 23.9 Å². The van der Waals surface area contributed by atoms with Crippen molar-refractivity contribution in [3.63, 3.8) is 0 Å². The van der Waals surface area contributed by atoms with E-state index < -0.39 is 28.5 Å². The van der Waals surface area contributed by atoms with E-state index in [0.29, 0.717) is 19.6 Å². The number of thioether (sulfide) groups is 1. The first-order valence-electron chi connectivity index (χ1n) is 10.8. The highest BCUT2D eigenvalue weighted by Crippen LogP contribution is 2.51. The van der Waals surface area contributed by atoms with Crippen LogP contribution in [0.25, 0.3) is 0 Å². The summed E-state index contributed by atoms with van der Waals surface area (Å²) in [7, 11) is 3.00. The van der Waals surface area contributed by atoms with Crippen molar-refractivity contribution in [3.8, 4) is 0 Å². The van der Waals surface area contributed by atoms with Gasteiger partial charge >= 0.3 is 0 Å². The summed E-state index contributed by atoms with van der Waals surface area (Å²) in [6.45, 7) is 2.52. The van der Waals surface area contributed by atoms with Crippen LogP contribution in [0.15, 0.2) is 53.6 Å². The molecule has 0 spiro atoms. The Morgan fingerprint density at radius 3 is 2.65 bits per heavy atom. The second kappa shape index (κ2) is 11.5. The molecule has 34 heavy (non-hydrogen) atoms. The van der Waals surface area contributed by atoms with Gasteiger partial charge < -0.3 is 14.8 Å². The third-order valence-electron chi connectivity index (χ3n) is 5.45. The zero-order valence-corrected chi connectivity index (χ0v) is 20.1. The highest BCUT2D eigenvalue weighted by Gasteiger charge is 2.49. The van der Waals surface area contributed by atoms with Crippen molar-refractivity contribution in [1.82, 2.24) is 10.3 Å². The Labute approximate surface area is 202 Å². The molecule has 1 aliphatic rings. The molecule has 3 rings (SSSR count). The SMILES string of the molecule is COCCNC(=N)CCC1(c2ccccc2)SC(c2cc(F)ccc2F)=NN1C(=O)[C@H](C)OC. The van der Waals surface area contributed by atoms with E-state index in [0.717, 1.165) is 23.8 Å². The van der Waals surface area contributed by atoms with Crippen LogP contribution in [0, 0.1) is 17.0 Å². The van der Waals surface area contributed by atoms with Gasteiger partial charge in [-0.25, -0.2) is 13.8 Å². The molecule has 0 bridgehead atoms. The van der Waals surface area contributed by atoms with Gasteiger partial charge in [-0.3, -0.25) is 10.2 Å². The largest absolute Gasteiger partial charge is 0.383 e. The second-order valence-electron chi connectivity index (χ2n) is 7.71. The third-order valence-corrected chi connectivity index (χ3v) is 6.90. The summed E-state index contributed by atoms with van der Waals surface area (Å²) < 4.78 is 38.9. The minimum atomic E-state index is -1.09. The maximum absolute atomic E-state index is 14.7. The molecule has 182 valence electrons. The van der Waals surface area contributed by atoms with Gasteiger partial charge in [-0.15, -0.1) is 0 Å². The van der Waals surface area contributed by atoms with E-state index in [4.69, 9.17) is 14.9 Å². The predicted molar refractivity (Wildman–Crippen MR) is 129 cm³/mol. The third kappa shape index (κ3) is 5.63. The van der Waals surface area contributed by atoms with Gasteiger partial charge in [0.15, 0.2) is 0 Å². The van der Waals surface area contributed by atoms with Crippen LogP contribution in [0.5, 0.6) is 0 Å². The highest BCUT2D eigenvalue weighted by atomic mass is 32.2. The normalized spacial score (nSPS) is 18.5. The van der Waals surface area contributed by atoms with Crippen molar-refractivity contribution in [3.05, 3.63) is 71.3 Å². The lowest BCUT2D eigenvalue weighted by atomic mass is 9.99. The molecule has 2 aromatic carbocycles. The minimum Gasteiger partial charge on any atom is -0.383 e. The molecule has 0 fully saturated rings. The fourth-order valence-electron chi connectivity index (χ4n) is 3.53. The quantitative estimate of drug-likeness (QED) is 0.298. The molecule has 0 saturated carbocycles. The number of nitrogens with zero attached hydrogens (tertiary/aromatic N) is 2. The molecule has 1 unspecified atom stereocenters. The lowest BCUT2D eigenvalue weighted by molar-refractivity contribution is -0.144. The number of amides is 1. The Hall–Kier alpha value is -2.82. The molecule has 2 atom stereocenters. The summed E-state index contributed by atoms with van der Waals surface area (Å²) in [6.07, 6.45) is -0.235. The van der Waals surface area contributed by atoms with Gasteiger partial charge in [-0.05, 0) is 37.1 Å². The molecule has 0 aliphatic carbocycles. The van der Waals surface area contributed by atoms with Gasteiger partial charge in [0.1, 0.15) is 27.7 Å². The van der Waals surface area contributed by atoms with Gasteiger partial charge in [0.25, 0.3) is 5.91 Å². The number of halogens is 2. The van der Waals surface area contributed by atoms with E-state index in [1.807, 2.05) is 30.3 Å². The van der Waals surface area contributed by atoms with E-state index in [2.05, 4.69) is 10.4 Å². The highest BCUT2D eigenvalue weighted by molar-refractivity contribution is 8.15. The van der Waals surface area contributed by atoms with Gasteiger partial charge in [-0.2, -0.15) is 5.10 Å². The van der Waals surface area contributed by atoms with Gasteiger partial charge in [-0.1, -0.05) is 42.1 Å². The maximum Gasteiger partial charge on any atom is 0.273 e. The molecule has 7 nitrogen and oxygen atoms in total. The summed E-state index contributed by atoms with van der Waals surface area (Å²) >= 11 is 1.17. The van der Waals surface area contributed by atoms with Crippen molar-refractivity contribution in [2.45, 2.75) is 30.7 Å². The summed E-state index contributed by atoms with van der Waals surface area (Å²) in [5.41, 5.74) is 0.718. The Morgan fingerprint density at radius 1 is 1.24 bits per heavy atom. The van der Waals surface area contributed by atoms with Gasteiger partial charge in [0, 0.05) is 32.7 Å². The molecule has 0 saturated heterocycles. The lowest BCUT2D eigenvalue weighted by Gasteiger charge is -2.37. The Bertz CT molecular complexity index is 1050. The number of ether oxygens (including phenoxy) is 2. The zero-order valence-electron chi connectivity index (χ0n) is 19.3. The average Bonchev–Trinajstić information content (AvgIpc) is 3.24.